The zero-order chi connectivity index (χ0) is 18.7. The number of aliphatic imine (C=N–C) groups is 1. The Balaban J connectivity index is 0.00000225. The first-order chi connectivity index (χ1) is 13.2. The molecule has 1 aromatic rings. The lowest BCUT2D eigenvalue weighted by Gasteiger charge is -2.25. The molecule has 3 fully saturated rings. The molecule has 1 N–H and O–H groups in total. The first kappa shape index (κ1) is 22.2. The summed E-state index contributed by atoms with van der Waals surface area (Å²) in [6.07, 6.45) is 3.66. The zero-order valence-corrected chi connectivity index (χ0v) is 20.6. The molecule has 3 heterocycles. The van der Waals surface area contributed by atoms with Gasteiger partial charge in [0.25, 0.3) is 0 Å². The summed E-state index contributed by atoms with van der Waals surface area (Å²) in [7, 11) is 0. The molecule has 0 saturated carbocycles. The van der Waals surface area contributed by atoms with Crippen molar-refractivity contribution in [3.63, 3.8) is 0 Å². The molecule has 7 heteroatoms. The summed E-state index contributed by atoms with van der Waals surface area (Å²) in [6.45, 7) is 10.3. The Hall–Kier alpha value is -0.540. The monoisotopic (exact) mass is 562 g/mol. The van der Waals surface area contributed by atoms with Crippen molar-refractivity contribution >= 4 is 51.6 Å². The van der Waals surface area contributed by atoms with Crippen LogP contribution in [0.2, 0.25) is 0 Å². The van der Waals surface area contributed by atoms with E-state index in [0.717, 1.165) is 62.9 Å². The molecule has 2 atom stereocenters. The molecular formula is C21H32BrIN4O. The van der Waals surface area contributed by atoms with Crippen LogP contribution in [0.25, 0.3) is 0 Å². The van der Waals surface area contributed by atoms with Crippen molar-refractivity contribution in [3.8, 4) is 0 Å². The van der Waals surface area contributed by atoms with Gasteiger partial charge in [0.1, 0.15) is 0 Å². The van der Waals surface area contributed by atoms with Crippen molar-refractivity contribution in [1.29, 1.82) is 0 Å². The number of benzene rings is 1. The van der Waals surface area contributed by atoms with Gasteiger partial charge in [0.15, 0.2) is 5.96 Å². The van der Waals surface area contributed by atoms with Gasteiger partial charge in [0.2, 0.25) is 0 Å². The molecule has 156 valence electrons. The second kappa shape index (κ2) is 9.98. The lowest BCUT2D eigenvalue weighted by atomic mass is 9.87. The van der Waals surface area contributed by atoms with Gasteiger partial charge >= 0.3 is 0 Å². The van der Waals surface area contributed by atoms with Crippen molar-refractivity contribution in [2.24, 2.45) is 16.3 Å². The van der Waals surface area contributed by atoms with E-state index in [2.05, 4.69) is 62.2 Å². The average molecular weight is 563 g/mol. The SMILES string of the molecule is CCNC(=NCC1CCN(c2ccc(Br)cc2)C1)N1CCC2(CCOC2)C1.I. The van der Waals surface area contributed by atoms with E-state index in [1.165, 1.54) is 24.9 Å². The number of likely N-dealkylation sites (tertiary alicyclic amines) is 1. The normalized spacial score (nSPS) is 27.5. The Morgan fingerprint density at radius 2 is 2.11 bits per heavy atom. The Morgan fingerprint density at radius 3 is 2.82 bits per heavy atom. The van der Waals surface area contributed by atoms with E-state index in [9.17, 15) is 0 Å². The quantitative estimate of drug-likeness (QED) is 0.342. The molecule has 0 aliphatic carbocycles. The predicted octanol–water partition coefficient (Wildman–Crippen LogP) is 3.97. The number of guanidine groups is 1. The van der Waals surface area contributed by atoms with Crippen LogP contribution in [0.15, 0.2) is 33.7 Å². The van der Waals surface area contributed by atoms with E-state index < -0.39 is 0 Å². The van der Waals surface area contributed by atoms with Gasteiger partial charge in [-0.3, -0.25) is 4.99 Å². The van der Waals surface area contributed by atoms with E-state index in [1.807, 2.05) is 0 Å². The van der Waals surface area contributed by atoms with Crippen LogP contribution in [-0.2, 0) is 4.74 Å². The minimum atomic E-state index is 0. The van der Waals surface area contributed by atoms with Crippen LogP contribution < -0.4 is 10.2 Å². The molecule has 0 bridgehead atoms. The number of ether oxygens (including phenoxy) is 1. The van der Waals surface area contributed by atoms with Crippen LogP contribution >= 0.6 is 39.9 Å². The largest absolute Gasteiger partial charge is 0.381 e. The molecule has 3 aliphatic rings. The molecule has 0 radical (unpaired) electrons. The Kier molecular flexibility index (Phi) is 7.89. The molecule has 28 heavy (non-hydrogen) atoms. The Labute approximate surface area is 194 Å². The van der Waals surface area contributed by atoms with Crippen LogP contribution in [0.3, 0.4) is 0 Å². The number of anilines is 1. The third kappa shape index (κ3) is 5.14. The molecule has 0 amide bonds. The number of halogens is 2. The molecule has 1 aromatic carbocycles. The van der Waals surface area contributed by atoms with E-state index in [0.29, 0.717) is 11.3 Å². The molecule has 2 unspecified atom stereocenters. The summed E-state index contributed by atoms with van der Waals surface area (Å²) in [5, 5.41) is 3.52. The molecule has 5 nitrogen and oxygen atoms in total. The smallest absolute Gasteiger partial charge is 0.193 e. The molecule has 3 aliphatic heterocycles. The van der Waals surface area contributed by atoms with E-state index in [4.69, 9.17) is 9.73 Å². The molecule has 4 rings (SSSR count). The van der Waals surface area contributed by atoms with E-state index >= 15 is 0 Å². The summed E-state index contributed by atoms with van der Waals surface area (Å²) in [6, 6.07) is 8.65. The van der Waals surface area contributed by atoms with Gasteiger partial charge in [0, 0.05) is 61.5 Å². The fourth-order valence-electron chi connectivity index (χ4n) is 4.60. The summed E-state index contributed by atoms with van der Waals surface area (Å²) >= 11 is 3.52. The first-order valence-corrected chi connectivity index (χ1v) is 11.1. The molecule has 3 saturated heterocycles. The van der Waals surface area contributed by atoms with Crippen molar-refractivity contribution < 1.29 is 4.74 Å². The third-order valence-corrected chi connectivity index (χ3v) is 6.76. The first-order valence-electron chi connectivity index (χ1n) is 10.3. The van der Waals surface area contributed by atoms with Crippen LogP contribution in [0.1, 0.15) is 26.2 Å². The molecule has 1 spiro atoms. The van der Waals surface area contributed by atoms with Gasteiger partial charge in [0.05, 0.1) is 6.61 Å². The zero-order valence-electron chi connectivity index (χ0n) is 16.7. The predicted molar refractivity (Wildman–Crippen MR) is 130 cm³/mol. The highest BCUT2D eigenvalue weighted by Crippen LogP contribution is 2.38. The second-order valence-corrected chi connectivity index (χ2v) is 9.16. The maximum Gasteiger partial charge on any atom is 0.193 e. The summed E-state index contributed by atoms with van der Waals surface area (Å²) in [5.74, 6) is 1.73. The van der Waals surface area contributed by atoms with Crippen molar-refractivity contribution in [1.82, 2.24) is 10.2 Å². The average Bonchev–Trinajstić information content (AvgIpc) is 3.42. The van der Waals surface area contributed by atoms with Gasteiger partial charge in [-0.15, -0.1) is 24.0 Å². The summed E-state index contributed by atoms with van der Waals surface area (Å²) < 4.78 is 6.81. The van der Waals surface area contributed by atoms with Crippen LogP contribution in [0.4, 0.5) is 5.69 Å². The van der Waals surface area contributed by atoms with Crippen molar-refractivity contribution in [2.45, 2.75) is 26.2 Å². The van der Waals surface area contributed by atoms with Gasteiger partial charge in [-0.05, 0) is 56.4 Å². The summed E-state index contributed by atoms with van der Waals surface area (Å²) in [5.41, 5.74) is 1.70. The van der Waals surface area contributed by atoms with Gasteiger partial charge in [-0.1, -0.05) is 15.9 Å². The lowest BCUT2D eigenvalue weighted by molar-refractivity contribution is 0.156. The molecule has 0 aromatic heterocycles. The number of hydrogen-bond acceptors (Lipinski definition) is 3. The van der Waals surface area contributed by atoms with Gasteiger partial charge < -0.3 is 19.9 Å². The fourth-order valence-corrected chi connectivity index (χ4v) is 4.86. The molecular weight excluding hydrogens is 531 g/mol. The van der Waals surface area contributed by atoms with Crippen LogP contribution in [-0.4, -0.2) is 63.3 Å². The Morgan fingerprint density at radius 1 is 1.29 bits per heavy atom. The van der Waals surface area contributed by atoms with Gasteiger partial charge in [-0.25, -0.2) is 0 Å². The number of rotatable bonds is 4. The maximum atomic E-state index is 5.68. The lowest BCUT2D eigenvalue weighted by Crippen LogP contribution is -2.41. The van der Waals surface area contributed by atoms with Gasteiger partial charge in [-0.2, -0.15) is 0 Å². The van der Waals surface area contributed by atoms with E-state index in [-0.39, 0.29) is 24.0 Å². The minimum Gasteiger partial charge on any atom is -0.381 e. The highest BCUT2D eigenvalue weighted by molar-refractivity contribution is 14.0. The fraction of sp³-hybridized carbons (Fsp3) is 0.667. The standard InChI is InChI=1S/C21H31BrN4O.HI/c1-2-23-20(26-11-8-21(15-26)9-12-27-16-21)24-13-17-7-10-25(14-17)19-5-3-18(22)4-6-19;/h3-6,17H,2,7-16H2,1H3,(H,23,24);1H. The van der Waals surface area contributed by atoms with E-state index in [1.54, 1.807) is 0 Å². The van der Waals surface area contributed by atoms with Crippen molar-refractivity contribution in [3.05, 3.63) is 28.7 Å². The van der Waals surface area contributed by atoms with Crippen LogP contribution in [0, 0.1) is 11.3 Å². The topological polar surface area (TPSA) is 40.1 Å². The van der Waals surface area contributed by atoms with Crippen LogP contribution in [0.5, 0.6) is 0 Å². The minimum absolute atomic E-state index is 0. The highest BCUT2D eigenvalue weighted by atomic mass is 127. The summed E-state index contributed by atoms with van der Waals surface area (Å²) in [4.78, 5) is 9.98. The van der Waals surface area contributed by atoms with Crippen molar-refractivity contribution in [2.75, 3.05) is 57.4 Å². The number of hydrogen-bond donors (Lipinski definition) is 1. The third-order valence-electron chi connectivity index (χ3n) is 6.23. The Bertz CT molecular complexity index is 663. The second-order valence-electron chi connectivity index (χ2n) is 8.25. The highest BCUT2D eigenvalue weighted by Gasteiger charge is 2.42. The number of nitrogens with zero attached hydrogens (tertiary/aromatic N) is 3. The number of nitrogens with one attached hydrogen (secondary N) is 1. The maximum absolute atomic E-state index is 5.68.